The molecular formula is C16H16ClIN2O4S. The molecule has 0 aliphatic carbocycles. The number of halogens is 2. The fourth-order valence-corrected chi connectivity index (χ4v) is 3.81. The predicted molar refractivity (Wildman–Crippen MR) is 106 cm³/mol. The van der Waals surface area contributed by atoms with Crippen molar-refractivity contribution in [1.29, 1.82) is 0 Å². The zero-order valence-electron chi connectivity index (χ0n) is 13.5. The van der Waals surface area contributed by atoms with Gasteiger partial charge >= 0.3 is 0 Å². The van der Waals surface area contributed by atoms with Crippen LogP contribution in [0.2, 0.25) is 5.02 Å². The van der Waals surface area contributed by atoms with Crippen molar-refractivity contribution in [3.63, 3.8) is 0 Å². The van der Waals surface area contributed by atoms with Gasteiger partial charge < -0.3 is 10.1 Å². The summed E-state index contributed by atoms with van der Waals surface area (Å²) in [6, 6.07) is 11.6. The van der Waals surface area contributed by atoms with Gasteiger partial charge in [-0.25, -0.2) is 12.7 Å². The van der Waals surface area contributed by atoms with Gasteiger partial charge in [-0.1, -0.05) is 23.7 Å². The standard InChI is InChI=1S/C16H16ClIN2O4S/c1-20(2)25(22,23)15-9-11(7-8-12(15)17)19-16(21)10-24-14-6-4-3-5-13(14)18/h3-9H,10H2,1-2H3,(H,19,21). The predicted octanol–water partition coefficient (Wildman–Crippen LogP) is 3.21. The largest absolute Gasteiger partial charge is 0.483 e. The number of sulfonamides is 1. The maximum Gasteiger partial charge on any atom is 0.262 e. The summed E-state index contributed by atoms with van der Waals surface area (Å²) in [4.78, 5) is 12.0. The molecule has 0 saturated heterocycles. The van der Waals surface area contributed by atoms with E-state index in [1.165, 1.54) is 32.3 Å². The molecule has 6 nitrogen and oxygen atoms in total. The number of amides is 1. The van der Waals surface area contributed by atoms with E-state index in [1.54, 1.807) is 6.07 Å². The average molecular weight is 495 g/mol. The van der Waals surface area contributed by atoms with Crippen LogP contribution in [-0.2, 0) is 14.8 Å². The van der Waals surface area contributed by atoms with Gasteiger partial charge in [-0.15, -0.1) is 0 Å². The van der Waals surface area contributed by atoms with Crippen LogP contribution in [-0.4, -0.2) is 39.3 Å². The highest BCUT2D eigenvalue weighted by Gasteiger charge is 2.21. The monoisotopic (exact) mass is 494 g/mol. The number of benzene rings is 2. The Bertz CT molecular complexity index is 887. The number of carbonyl (C=O) groups excluding carboxylic acids is 1. The van der Waals surface area contributed by atoms with E-state index >= 15 is 0 Å². The highest BCUT2D eigenvalue weighted by atomic mass is 127. The molecule has 0 unspecified atom stereocenters. The molecule has 2 aromatic carbocycles. The Morgan fingerprint density at radius 1 is 1.24 bits per heavy atom. The summed E-state index contributed by atoms with van der Waals surface area (Å²) in [5, 5.41) is 2.69. The number of rotatable bonds is 6. The summed E-state index contributed by atoms with van der Waals surface area (Å²) in [5.74, 6) is 0.195. The first kappa shape index (κ1) is 20.0. The van der Waals surface area contributed by atoms with Gasteiger partial charge in [-0.2, -0.15) is 0 Å². The molecule has 25 heavy (non-hydrogen) atoms. The van der Waals surface area contributed by atoms with Crippen molar-refractivity contribution in [2.24, 2.45) is 0 Å². The third kappa shape index (κ3) is 5.06. The normalized spacial score (nSPS) is 11.4. The SMILES string of the molecule is CN(C)S(=O)(=O)c1cc(NC(=O)COc2ccccc2I)ccc1Cl. The Morgan fingerprint density at radius 2 is 1.92 bits per heavy atom. The van der Waals surface area contributed by atoms with Gasteiger partial charge in [0.05, 0.1) is 8.59 Å². The van der Waals surface area contributed by atoms with Crippen molar-refractivity contribution in [3.05, 3.63) is 51.1 Å². The Kier molecular flexibility index (Phi) is 6.66. The molecule has 0 heterocycles. The molecule has 134 valence electrons. The fraction of sp³-hybridized carbons (Fsp3) is 0.188. The molecule has 0 radical (unpaired) electrons. The molecule has 0 saturated carbocycles. The van der Waals surface area contributed by atoms with Crippen LogP contribution >= 0.6 is 34.2 Å². The van der Waals surface area contributed by atoms with Crippen LogP contribution in [0.3, 0.4) is 0 Å². The minimum atomic E-state index is -3.71. The molecule has 1 N–H and O–H groups in total. The molecule has 2 aromatic rings. The van der Waals surface area contributed by atoms with Crippen molar-refractivity contribution in [3.8, 4) is 5.75 Å². The van der Waals surface area contributed by atoms with Gasteiger partial charge in [-0.3, -0.25) is 4.79 Å². The summed E-state index contributed by atoms with van der Waals surface area (Å²) in [6.07, 6.45) is 0. The lowest BCUT2D eigenvalue weighted by molar-refractivity contribution is -0.118. The van der Waals surface area contributed by atoms with Gasteiger partial charge in [0.25, 0.3) is 5.91 Å². The second-order valence-electron chi connectivity index (χ2n) is 5.20. The minimum absolute atomic E-state index is 0.0736. The Labute approximate surface area is 165 Å². The lowest BCUT2D eigenvalue weighted by Crippen LogP contribution is -2.23. The minimum Gasteiger partial charge on any atom is -0.483 e. The quantitative estimate of drug-likeness (QED) is 0.626. The van der Waals surface area contributed by atoms with E-state index in [2.05, 4.69) is 27.9 Å². The number of anilines is 1. The Balaban J connectivity index is 2.10. The summed E-state index contributed by atoms with van der Waals surface area (Å²) in [5.41, 5.74) is 0.321. The Hall–Kier alpha value is -1.36. The first-order valence-corrected chi connectivity index (χ1v) is 10.0. The first-order valence-electron chi connectivity index (χ1n) is 7.11. The highest BCUT2D eigenvalue weighted by molar-refractivity contribution is 14.1. The second-order valence-corrected chi connectivity index (χ2v) is 8.89. The van der Waals surface area contributed by atoms with Gasteiger partial charge in [0, 0.05) is 19.8 Å². The maximum atomic E-state index is 12.2. The smallest absolute Gasteiger partial charge is 0.262 e. The topological polar surface area (TPSA) is 75.7 Å². The zero-order chi connectivity index (χ0) is 18.6. The third-order valence-corrected chi connectivity index (χ3v) is 6.36. The van der Waals surface area contributed by atoms with E-state index in [4.69, 9.17) is 16.3 Å². The van der Waals surface area contributed by atoms with E-state index in [9.17, 15) is 13.2 Å². The molecule has 0 fully saturated rings. The molecule has 0 atom stereocenters. The summed E-state index contributed by atoms with van der Waals surface area (Å²) < 4.78 is 31.9. The summed E-state index contributed by atoms with van der Waals surface area (Å²) >= 11 is 8.09. The van der Waals surface area contributed by atoms with Crippen LogP contribution in [0.1, 0.15) is 0 Å². The molecule has 0 aromatic heterocycles. The molecule has 0 spiro atoms. The third-order valence-electron chi connectivity index (χ3n) is 3.17. The highest BCUT2D eigenvalue weighted by Crippen LogP contribution is 2.27. The number of para-hydroxylation sites is 1. The first-order chi connectivity index (χ1) is 11.7. The lowest BCUT2D eigenvalue weighted by Gasteiger charge is -2.14. The van der Waals surface area contributed by atoms with Crippen LogP contribution in [0.25, 0.3) is 0 Å². The van der Waals surface area contributed by atoms with Gasteiger partial charge in [0.15, 0.2) is 6.61 Å². The summed E-state index contributed by atoms with van der Waals surface area (Å²) in [7, 11) is -0.891. The molecule has 0 aliphatic rings. The van der Waals surface area contributed by atoms with Crippen molar-refractivity contribution in [1.82, 2.24) is 4.31 Å². The molecule has 9 heteroatoms. The van der Waals surface area contributed by atoms with E-state index in [1.807, 2.05) is 18.2 Å². The second kappa shape index (κ2) is 8.35. The van der Waals surface area contributed by atoms with Crippen LogP contribution in [0, 0.1) is 3.57 Å². The number of nitrogens with one attached hydrogen (secondary N) is 1. The van der Waals surface area contributed by atoms with Crippen LogP contribution < -0.4 is 10.1 Å². The van der Waals surface area contributed by atoms with Crippen molar-refractivity contribution in [2.45, 2.75) is 4.90 Å². The van der Waals surface area contributed by atoms with Gasteiger partial charge in [0.1, 0.15) is 10.6 Å². The van der Waals surface area contributed by atoms with Gasteiger partial charge in [0.2, 0.25) is 10.0 Å². The van der Waals surface area contributed by atoms with E-state index in [0.29, 0.717) is 11.4 Å². The molecule has 2 rings (SSSR count). The van der Waals surface area contributed by atoms with Crippen molar-refractivity contribution >= 4 is 55.8 Å². The van der Waals surface area contributed by atoms with Crippen molar-refractivity contribution < 1.29 is 17.9 Å². The van der Waals surface area contributed by atoms with E-state index < -0.39 is 15.9 Å². The molecule has 0 bridgehead atoms. The lowest BCUT2D eigenvalue weighted by atomic mass is 10.3. The fourth-order valence-electron chi connectivity index (χ4n) is 1.88. The molecule has 1 amide bonds. The van der Waals surface area contributed by atoms with Crippen LogP contribution in [0.5, 0.6) is 5.75 Å². The molecular weight excluding hydrogens is 479 g/mol. The number of carbonyl (C=O) groups is 1. The zero-order valence-corrected chi connectivity index (χ0v) is 17.2. The number of nitrogens with zero attached hydrogens (tertiary/aromatic N) is 1. The number of hydrogen-bond acceptors (Lipinski definition) is 4. The van der Waals surface area contributed by atoms with Crippen molar-refractivity contribution in [2.75, 3.05) is 26.0 Å². The molecule has 0 aliphatic heterocycles. The number of hydrogen-bond donors (Lipinski definition) is 1. The van der Waals surface area contributed by atoms with Gasteiger partial charge in [-0.05, 0) is 52.9 Å². The Morgan fingerprint density at radius 3 is 2.56 bits per heavy atom. The number of ether oxygens (including phenoxy) is 1. The average Bonchev–Trinajstić information content (AvgIpc) is 2.55. The van der Waals surface area contributed by atoms with E-state index in [0.717, 1.165) is 7.88 Å². The summed E-state index contributed by atoms with van der Waals surface area (Å²) in [6.45, 7) is -0.196. The maximum absolute atomic E-state index is 12.2. The van der Waals surface area contributed by atoms with Crippen LogP contribution in [0.4, 0.5) is 5.69 Å². The van der Waals surface area contributed by atoms with E-state index in [-0.39, 0.29) is 16.5 Å². The van der Waals surface area contributed by atoms with Crippen LogP contribution in [0.15, 0.2) is 47.4 Å².